The molecule has 0 bridgehead atoms. The molecule has 4 heteroatoms. The smallest absolute Gasteiger partial charge is 0.215 e. The molecule has 0 fully saturated rings. The highest BCUT2D eigenvalue weighted by molar-refractivity contribution is 5.36. The Kier molecular flexibility index (Phi) is 4.02. The summed E-state index contributed by atoms with van der Waals surface area (Å²) in [6.07, 6.45) is 0. The molecule has 0 aliphatic heterocycles. The van der Waals surface area contributed by atoms with Crippen molar-refractivity contribution in [1.82, 2.24) is 4.98 Å². The second-order valence-corrected chi connectivity index (χ2v) is 3.75. The van der Waals surface area contributed by atoms with Gasteiger partial charge in [-0.25, -0.2) is 0 Å². The van der Waals surface area contributed by atoms with Crippen LogP contribution in [0.2, 0.25) is 0 Å². The summed E-state index contributed by atoms with van der Waals surface area (Å²) in [5.74, 6) is 2.24. The number of anilines is 1. The van der Waals surface area contributed by atoms with E-state index in [0.29, 0.717) is 12.5 Å². The number of rotatable bonds is 5. The number of nitrogens with one attached hydrogen (secondary N) is 1. The van der Waals surface area contributed by atoms with Gasteiger partial charge in [-0.1, -0.05) is 18.2 Å². The molecule has 1 aromatic carbocycles. The molecule has 0 saturated heterocycles. The first kappa shape index (κ1) is 12.2. The Morgan fingerprint density at radius 2 is 1.89 bits per heavy atom. The highest BCUT2D eigenvalue weighted by atomic mass is 16.5. The number of hydrogen-bond acceptors (Lipinski definition) is 4. The first-order valence-corrected chi connectivity index (χ1v) is 5.72. The molecule has 0 radical (unpaired) electrons. The van der Waals surface area contributed by atoms with Gasteiger partial charge in [0.2, 0.25) is 5.88 Å². The number of benzene rings is 1. The van der Waals surface area contributed by atoms with Gasteiger partial charge in [-0.3, -0.25) is 0 Å². The highest BCUT2D eigenvalue weighted by Crippen LogP contribution is 2.15. The van der Waals surface area contributed by atoms with Gasteiger partial charge in [-0.2, -0.15) is 4.98 Å². The van der Waals surface area contributed by atoms with Gasteiger partial charge < -0.3 is 14.8 Å². The predicted molar refractivity (Wildman–Crippen MR) is 71.1 cm³/mol. The first-order chi connectivity index (χ1) is 8.81. The van der Waals surface area contributed by atoms with Crippen LogP contribution < -0.4 is 14.8 Å². The summed E-state index contributed by atoms with van der Waals surface area (Å²) >= 11 is 0. The Hall–Kier alpha value is -2.23. The fraction of sp³-hybridized carbons (Fsp3) is 0.214. The second kappa shape index (κ2) is 5.91. The van der Waals surface area contributed by atoms with Crippen molar-refractivity contribution in [1.29, 1.82) is 0 Å². The van der Waals surface area contributed by atoms with Gasteiger partial charge in [-0.15, -0.1) is 0 Å². The fourth-order valence-corrected chi connectivity index (χ4v) is 1.51. The number of hydrogen-bond donors (Lipinski definition) is 1. The van der Waals surface area contributed by atoms with Crippen LogP contribution in [0.25, 0.3) is 0 Å². The molecule has 1 heterocycles. The minimum Gasteiger partial charge on any atom is -0.497 e. The third-order valence-corrected chi connectivity index (χ3v) is 2.53. The van der Waals surface area contributed by atoms with E-state index in [1.54, 1.807) is 7.11 Å². The maximum atomic E-state index is 5.62. The number of methoxy groups -OCH3 is 1. The molecule has 0 saturated carbocycles. The van der Waals surface area contributed by atoms with Gasteiger partial charge in [0.1, 0.15) is 18.2 Å². The Morgan fingerprint density at radius 1 is 1.11 bits per heavy atom. The molecule has 0 aliphatic carbocycles. The van der Waals surface area contributed by atoms with Gasteiger partial charge >= 0.3 is 0 Å². The largest absolute Gasteiger partial charge is 0.497 e. The zero-order valence-corrected chi connectivity index (χ0v) is 10.5. The standard InChI is InChI=1S/C14H16N2O2/c1-15-13-4-3-5-14(16-13)18-10-11-6-8-12(17-2)9-7-11/h3-9H,10H2,1-2H3,(H,15,16). The van der Waals surface area contributed by atoms with Crippen molar-refractivity contribution in [2.45, 2.75) is 6.61 Å². The van der Waals surface area contributed by atoms with Gasteiger partial charge in [0.05, 0.1) is 7.11 Å². The number of ether oxygens (including phenoxy) is 2. The minimum absolute atomic E-state index is 0.490. The lowest BCUT2D eigenvalue weighted by Gasteiger charge is -2.07. The molecule has 0 spiro atoms. The second-order valence-electron chi connectivity index (χ2n) is 3.75. The zero-order valence-electron chi connectivity index (χ0n) is 10.5. The summed E-state index contributed by atoms with van der Waals surface area (Å²) in [4.78, 5) is 4.28. The summed E-state index contributed by atoms with van der Waals surface area (Å²) in [7, 11) is 3.48. The van der Waals surface area contributed by atoms with Crippen molar-refractivity contribution in [2.75, 3.05) is 19.5 Å². The van der Waals surface area contributed by atoms with Crippen molar-refractivity contribution >= 4 is 5.82 Å². The van der Waals surface area contributed by atoms with Crippen molar-refractivity contribution < 1.29 is 9.47 Å². The van der Waals surface area contributed by atoms with Crippen LogP contribution in [0.4, 0.5) is 5.82 Å². The molecule has 18 heavy (non-hydrogen) atoms. The van der Waals surface area contributed by atoms with Gasteiger partial charge in [0.25, 0.3) is 0 Å². The molecule has 0 unspecified atom stereocenters. The third kappa shape index (κ3) is 3.13. The van der Waals surface area contributed by atoms with E-state index in [2.05, 4.69) is 10.3 Å². The van der Waals surface area contributed by atoms with E-state index in [1.807, 2.05) is 49.5 Å². The van der Waals surface area contributed by atoms with Crippen LogP contribution >= 0.6 is 0 Å². The lowest BCUT2D eigenvalue weighted by molar-refractivity contribution is 0.294. The topological polar surface area (TPSA) is 43.4 Å². The normalized spacial score (nSPS) is 9.89. The highest BCUT2D eigenvalue weighted by Gasteiger charge is 1.99. The molecule has 0 atom stereocenters. The van der Waals surface area contributed by atoms with Gasteiger partial charge in [0, 0.05) is 13.1 Å². The minimum atomic E-state index is 0.490. The van der Waals surface area contributed by atoms with Crippen LogP contribution in [0.1, 0.15) is 5.56 Å². The summed E-state index contributed by atoms with van der Waals surface area (Å²) < 4.78 is 10.7. The van der Waals surface area contributed by atoms with E-state index in [0.717, 1.165) is 17.1 Å². The molecule has 1 aromatic heterocycles. The lowest BCUT2D eigenvalue weighted by atomic mass is 10.2. The molecule has 94 valence electrons. The lowest BCUT2D eigenvalue weighted by Crippen LogP contribution is -1.99. The molecule has 2 rings (SSSR count). The van der Waals surface area contributed by atoms with Crippen LogP contribution in [0.3, 0.4) is 0 Å². The van der Waals surface area contributed by atoms with E-state index < -0.39 is 0 Å². The summed E-state index contributed by atoms with van der Waals surface area (Å²) in [6.45, 7) is 0.490. The van der Waals surface area contributed by atoms with Crippen LogP contribution in [0.5, 0.6) is 11.6 Å². The van der Waals surface area contributed by atoms with E-state index in [9.17, 15) is 0 Å². The van der Waals surface area contributed by atoms with Crippen molar-refractivity contribution in [3.8, 4) is 11.6 Å². The van der Waals surface area contributed by atoms with Gasteiger partial charge in [-0.05, 0) is 23.8 Å². The predicted octanol–water partition coefficient (Wildman–Crippen LogP) is 2.71. The van der Waals surface area contributed by atoms with Crippen LogP contribution in [0.15, 0.2) is 42.5 Å². The Labute approximate surface area is 107 Å². The molecular weight excluding hydrogens is 228 g/mol. The van der Waals surface area contributed by atoms with Crippen LogP contribution in [-0.2, 0) is 6.61 Å². The van der Waals surface area contributed by atoms with Crippen LogP contribution in [0, 0.1) is 0 Å². The van der Waals surface area contributed by atoms with Gasteiger partial charge in [0.15, 0.2) is 0 Å². The number of pyridine rings is 1. The summed E-state index contributed by atoms with van der Waals surface area (Å²) in [5, 5.41) is 2.97. The summed E-state index contributed by atoms with van der Waals surface area (Å²) in [5.41, 5.74) is 1.08. The van der Waals surface area contributed by atoms with E-state index in [-0.39, 0.29) is 0 Å². The average Bonchev–Trinajstić information content (AvgIpc) is 2.46. The maximum absolute atomic E-state index is 5.62. The van der Waals surface area contributed by atoms with Crippen molar-refractivity contribution in [3.63, 3.8) is 0 Å². The molecular formula is C14H16N2O2. The third-order valence-electron chi connectivity index (χ3n) is 2.53. The zero-order chi connectivity index (χ0) is 12.8. The first-order valence-electron chi connectivity index (χ1n) is 5.72. The van der Waals surface area contributed by atoms with Crippen molar-refractivity contribution in [3.05, 3.63) is 48.0 Å². The van der Waals surface area contributed by atoms with Crippen LogP contribution in [-0.4, -0.2) is 19.1 Å². The molecule has 4 nitrogen and oxygen atoms in total. The monoisotopic (exact) mass is 244 g/mol. The SMILES string of the molecule is CNc1cccc(OCc2ccc(OC)cc2)n1. The van der Waals surface area contributed by atoms with E-state index in [4.69, 9.17) is 9.47 Å². The van der Waals surface area contributed by atoms with Crippen molar-refractivity contribution in [2.24, 2.45) is 0 Å². The number of nitrogens with zero attached hydrogens (tertiary/aromatic N) is 1. The fourth-order valence-electron chi connectivity index (χ4n) is 1.51. The Bertz CT molecular complexity index is 497. The number of aromatic nitrogens is 1. The Morgan fingerprint density at radius 3 is 2.56 bits per heavy atom. The maximum Gasteiger partial charge on any atom is 0.215 e. The molecule has 0 amide bonds. The van der Waals surface area contributed by atoms with E-state index >= 15 is 0 Å². The summed E-state index contributed by atoms with van der Waals surface area (Å²) in [6, 6.07) is 13.4. The Balaban J connectivity index is 1.97. The quantitative estimate of drug-likeness (QED) is 0.878. The molecule has 0 aliphatic rings. The average molecular weight is 244 g/mol. The molecule has 1 N–H and O–H groups in total. The van der Waals surface area contributed by atoms with E-state index in [1.165, 1.54) is 0 Å². The molecule has 2 aromatic rings.